The summed E-state index contributed by atoms with van der Waals surface area (Å²) in [5.74, 6) is 0.783. The first kappa shape index (κ1) is 15.5. The first-order chi connectivity index (χ1) is 9.06. The zero-order chi connectivity index (χ0) is 14.3. The maximum atomic E-state index is 11.6. The van der Waals surface area contributed by atoms with Crippen LogP contribution in [0.2, 0.25) is 0 Å². The van der Waals surface area contributed by atoms with Crippen LogP contribution in [0.25, 0.3) is 0 Å². The molecule has 1 aromatic carbocycles. The van der Waals surface area contributed by atoms with Crippen molar-refractivity contribution in [3.05, 3.63) is 24.3 Å². The third-order valence-corrected chi connectivity index (χ3v) is 3.43. The molecule has 0 atom stereocenters. The molecule has 0 spiro atoms. The molecule has 0 aromatic heterocycles. The van der Waals surface area contributed by atoms with E-state index in [0.29, 0.717) is 0 Å². The van der Waals surface area contributed by atoms with Crippen LogP contribution in [0.5, 0.6) is 0 Å². The molecule has 0 aliphatic rings. The smallest absolute Gasteiger partial charge is 0.226 e. The van der Waals surface area contributed by atoms with Gasteiger partial charge in [-0.15, -0.1) is 0 Å². The van der Waals surface area contributed by atoms with Crippen molar-refractivity contribution >= 4 is 17.3 Å². The summed E-state index contributed by atoms with van der Waals surface area (Å²) >= 11 is 0. The summed E-state index contributed by atoms with van der Waals surface area (Å²) in [4.78, 5) is 11.6. The van der Waals surface area contributed by atoms with E-state index in [1.807, 2.05) is 38.1 Å². The largest absolute Gasteiger partial charge is 0.385 e. The monoisotopic (exact) mass is 262 g/mol. The Morgan fingerprint density at radius 3 is 2.05 bits per heavy atom. The van der Waals surface area contributed by atoms with E-state index in [0.717, 1.165) is 23.8 Å². The third kappa shape index (κ3) is 5.33. The number of amides is 1. The second-order valence-corrected chi connectivity index (χ2v) is 5.28. The van der Waals surface area contributed by atoms with E-state index in [4.69, 9.17) is 0 Å². The summed E-state index contributed by atoms with van der Waals surface area (Å²) in [5.41, 5.74) is 1.96. The minimum absolute atomic E-state index is 0.00710. The van der Waals surface area contributed by atoms with E-state index in [1.165, 1.54) is 12.8 Å². The normalized spacial score (nSPS) is 10.8. The van der Waals surface area contributed by atoms with Crippen molar-refractivity contribution in [3.8, 4) is 0 Å². The Balaban J connectivity index is 2.50. The fraction of sp³-hybridized carbons (Fsp3) is 0.562. The van der Waals surface area contributed by atoms with Gasteiger partial charge < -0.3 is 10.6 Å². The molecule has 19 heavy (non-hydrogen) atoms. The molecular formula is C16H26N2O. The highest BCUT2D eigenvalue weighted by Gasteiger charge is 2.07. The van der Waals surface area contributed by atoms with Gasteiger partial charge in [-0.3, -0.25) is 4.79 Å². The van der Waals surface area contributed by atoms with Gasteiger partial charge in [0.2, 0.25) is 5.91 Å². The number of carbonyl (C=O) groups is 1. The highest BCUT2D eigenvalue weighted by atomic mass is 16.1. The van der Waals surface area contributed by atoms with Gasteiger partial charge in [0.15, 0.2) is 0 Å². The molecule has 106 valence electrons. The van der Waals surface area contributed by atoms with Crippen LogP contribution in [0.4, 0.5) is 11.4 Å². The molecule has 0 saturated carbocycles. The van der Waals surface area contributed by atoms with E-state index in [-0.39, 0.29) is 11.8 Å². The number of hydrogen-bond acceptors (Lipinski definition) is 2. The van der Waals surface area contributed by atoms with Crippen LogP contribution in [0, 0.1) is 11.8 Å². The fourth-order valence-electron chi connectivity index (χ4n) is 1.80. The summed E-state index contributed by atoms with van der Waals surface area (Å²) in [6.45, 7) is 9.23. The van der Waals surface area contributed by atoms with Gasteiger partial charge in [0.1, 0.15) is 0 Å². The van der Waals surface area contributed by atoms with Gasteiger partial charge in [-0.05, 0) is 30.2 Å². The van der Waals surface area contributed by atoms with Crippen molar-refractivity contribution in [2.75, 3.05) is 17.2 Å². The van der Waals surface area contributed by atoms with Crippen molar-refractivity contribution in [1.82, 2.24) is 0 Å². The number of anilines is 2. The minimum atomic E-state index is 0.00710. The first-order valence-corrected chi connectivity index (χ1v) is 7.21. The SMILES string of the molecule is CCC(CC)CNc1ccc(NC(=O)C(C)C)cc1. The van der Waals surface area contributed by atoms with Gasteiger partial charge in [0.25, 0.3) is 0 Å². The van der Waals surface area contributed by atoms with Crippen LogP contribution < -0.4 is 10.6 Å². The van der Waals surface area contributed by atoms with Crippen LogP contribution in [-0.4, -0.2) is 12.5 Å². The average molecular weight is 262 g/mol. The van der Waals surface area contributed by atoms with Crippen LogP contribution in [0.1, 0.15) is 40.5 Å². The van der Waals surface area contributed by atoms with Crippen molar-refractivity contribution in [2.45, 2.75) is 40.5 Å². The van der Waals surface area contributed by atoms with Gasteiger partial charge in [0.05, 0.1) is 0 Å². The Bertz CT molecular complexity index is 380. The number of nitrogens with one attached hydrogen (secondary N) is 2. The molecule has 0 fully saturated rings. The first-order valence-electron chi connectivity index (χ1n) is 7.21. The molecular weight excluding hydrogens is 236 g/mol. The molecule has 0 unspecified atom stereocenters. The Morgan fingerprint density at radius 1 is 1.05 bits per heavy atom. The van der Waals surface area contributed by atoms with Crippen LogP contribution in [0.3, 0.4) is 0 Å². The van der Waals surface area contributed by atoms with Crippen molar-refractivity contribution in [1.29, 1.82) is 0 Å². The molecule has 0 saturated heterocycles. The lowest BCUT2D eigenvalue weighted by atomic mass is 10.0. The van der Waals surface area contributed by atoms with Crippen molar-refractivity contribution in [3.63, 3.8) is 0 Å². The second-order valence-electron chi connectivity index (χ2n) is 5.28. The van der Waals surface area contributed by atoms with Crippen LogP contribution in [0.15, 0.2) is 24.3 Å². The Kier molecular flexibility index (Phi) is 6.40. The van der Waals surface area contributed by atoms with E-state index in [9.17, 15) is 4.79 Å². The molecule has 0 aliphatic heterocycles. The lowest BCUT2D eigenvalue weighted by molar-refractivity contribution is -0.118. The third-order valence-electron chi connectivity index (χ3n) is 3.43. The second kappa shape index (κ2) is 7.82. The van der Waals surface area contributed by atoms with Crippen LogP contribution >= 0.6 is 0 Å². The van der Waals surface area contributed by atoms with E-state index in [2.05, 4.69) is 24.5 Å². The maximum Gasteiger partial charge on any atom is 0.226 e. The van der Waals surface area contributed by atoms with E-state index < -0.39 is 0 Å². The molecule has 0 bridgehead atoms. The summed E-state index contributed by atoms with van der Waals surface area (Å²) in [7, 11) is 0. The lowest BCUT2D eigenvalue weighted by Crippen LogP contribution is -2.17. The molecule has 1 aromatic rings. The van der Waals surface area contributed by atoms with Crippen molar-refractivity contribution < 1.29 is 4.79 Å². The number of benzene rings is 1. The predicted octanol–water partition coefficient (Wildman–Crippen LogP) is 4.13. The molecule has 0 heterocycles. The van der Waals surface area contributed by atoms with Crippen molar-refractivity contribution in [2.24, 2.45) is 11.8 Å². The van der Waals surface area contributed by atoms with Gasteiger partial charge in [-0.25, -0.2) is 0 Å². The van der Waals surface area contributed by atoms with E-state index >= 15 is 0 Å². The molecule has 0 radical (unpaired) electrons. The molecule has 1 amide bonds. The van der Waals surface area contributed by atoms with E-state index in [1.54, 1.807) is 0 Å². The highest BCUT2D eigenvalue weighted by molar-refractivity contribution is 5.92. The Morgan fingerprint density at radius 2 is 1.58 bits per heavy atom. The minimum Gasteiger partial charge on any atom is -0.385 e. The van der Waals surface area contributed by atoms with Gasteiger partial charge >= 0.3 is 0 Å². The topological polar surface area (TPSA) is 41.1 Å². The maximum absolute atomic E-state index is 11.6. The Labute approximate surface area is 116 Å². The Hall–Kier alpha value is -1.51. The molecule has 2 N–H and O–H groups in total. The fourth-order valence-corrected chi connectivity index (χ4v) is 1.80. The average Bonchev–Trinajstić information content (AvgIpc) is 2.41. The predicted molar refractivity (Wildman–Crippen MR) is 82.5 cm³/mol. The standard InChI is InChI=1S/C16H26N2O/c1-5-13(6-2)11-17-14-7-9-15(10-8-14)18-16(19)12(3)4/h7-10,12-13,17H,5-6,11H2,1-4H3,(H,18,19). The van der Waals surface area contributed by atoms with Gasteiger partial charge in [-0.2, -0.15) is 0 Å². The zero-order valence-electron chi connectivity index (χ0n) is 12.5. The van der Waals surface area contributed by atoms with Crippen LogP contribution in [-0.2, 0) is 4.79 Å². The number of rotatable bonds is 7. The zero-order valence-corrected chi connectivity index (χ0v) is 12.5. The molecule has 1 rings (SSSR count). The summed E-state index contributed by atoms with van der Waals surface area (Å²) in [6.07, 6.45) is 2.40. The lowest BCUT2D eigenvalue weighted by Gasteiger charge is -2.14. The van der Waals surface area contributed by atoms with Gasteiger partial charge in [0, 0.05) is 23.8 Å². The molecule has 3 heteroatoms. The molecule has 3 nitrogen and oxygen atoms in total. The summed E-state index contributed by atoms with van der Waals surface area (Å²) < 4.78 is 0. The quantitative estimate of drug-likeness (QED) is 0.775. The highest BCUT2D eigenvalue weighted by Crippen LogP contribution is 2.16. The van der Waals surface area contributed by atoms with Gasteiger partial charge in [-0.1, -0.05) is 40.5 Å². The summed E-state index contributed by atoms with van der Waals surface area (Å²) in [6, 6.07) is 7.90. The number of carbonyl (C=O) groups excluding carboxylic acids is 1. The summed E-state index contributed by atoms with van der Waals surface area (Å²) in [5, 5.41) is 6.33. The molecule has 0 aliphatic carbocycles. The number of hydrogen-bond donors (Lipinski definition) is 2.